The van der Waals surface area contributed by atoms with Gasteiger partial charge in [0.05, 0.1) is 6.10 Å². The number of likely N-dealkylation sites (N-methyl/N-ethyl adjacent to an activating group) is 1. The van der Waals surface area contributed by atoms with E-state index in [-0.39, 0.29) is 0 Å². The number of aromatic nitrogens is 2. The maximum Gasteiger partial charge on any atom is 0.158 e. The van der Waals surface area contributed by atoms with Crippen molar-refractivity contribution < 1.29 is 9.84 Å². The average molecular weight is 241 g/mol. The number of hydrogen-bond acceptors (Lipinski definition) is 7. The number of aliphatic hydroxyl groups excluding tert-OH is 1. The van der Waals surface area contributed by atoms with Crippen LogP contribution in [0.25, 0.3) is 0 Å². The van der Waals surface area contributed by atoms with E-state index in [0.29, 0.717) is 30.6 Å². The van der Waals surface area contributed by atoms with Gasteiger partial charge < -0.3 is 20.2 Å². The van der Waals surface area contributed by atoms with E-state index < -0.39 is 6.10 Å². The number of hydrogen-bond donors (Lipinski definition) is 3. The molecule has 0 saturated heterocycles. The van der Waals surface area contributed by atoms with Gasteiger partial charge >= 0.3 is 0 Å². The molecule has 17 heavy (non-hydrogen) atoms. The Labute approximate surface area is 101 Å². The Morgan fingerprint density at radius 3 is 2.82 bits per heavy atom. The SMILES string of the molecule is COCc1nc(NN)cc(N(C)CC(C)O)n1. The summed E-state index contributed by atoms with van der Waals surface area (Å²) in [6.45, 7) is 2.51. The lowest BCUT2D eigenvalue weighted by Crippen LogP contribution is -2.28. The number of anilines is 2. The number of hydrazine groups is 1. The smallest absolute Gasteiger partial charge is 0.158 e. The van der Waals surface area contributed by atoms with Crippen molar-refractivity contribution in [2.24, 2.45) is 5.84 Å². The summed E-state index contributed by atoms with van der Waals surface area (Å²) in [6, 6.07) is 1.71. The van der Waals surface area contributed by atoms with Crippen LogP contribution in [0.5, 0.6) is 0 Å². The van der Waals surface area contributed by atoms with Crippen molar-refractivity contribution in [1.29, 1.82) is 0 Å². The van der Waals surface area contributed by atoms with Crippen molar-refractivity contribution in [2.75, 3.05) is 31.0 Å². The molecule has 1 unspecified atom stereocenters. The van der Waals surface area contributed by atoms with E-state index in [9.17, 15) is 5.11 Å². The van der Waals surface area contributed by atoms with Crippen LogP contribution in [0.1, 0.15) is 12.7 Å². The number of rotatable bonds is 6. The maximum atomic E-state index is 9.33. The fourth-order valence-corrected chi connectivity index (χ4v) is 1.44. The molecule has 0 bridgehead atoms. The predicted molar refractivity (Wildman–Crippen MR) is 65.5 cm³/mol. The molecule has 0 spiro atoms. The molecular weight excluding hydrogens is 222 g/mol. The van der Waals surface area contributed by atoms with Gasteiger partial charge in [-0.2, -0.15) is 0 Å². The third kappa shape index (κ3) is 4.14. The van der Waals surface area contributed by atoms with E-state index in [1.54, 1.807) is 20.1 Å². The molecule has 0 radical (unpaired) electrons. The topological polar surface area (TPSA) is 96.5 Å². The minimum atomic E-state index is -0.435. The normalized spacial score (nSPS) is 12.3. The molecule has 0 aliphatic rings. The van der Waals surface area contributed by atoms with E-state index in [0.717, 1.165) is 0 Å². The zero-order valence-corrected chi connectivity index (χ0v) is 10.3. The van der Waals surface area contributed by atoms with Gasteiger partial charge in [-0.25, -0.2) is 15.8 Å². The Bertz CT molecular complexity index is 359. The standard InChI is InChI=1S/C10H19N5O2/c1-7(16)5-15(2)10-4-8(14-11)12-9(13-10)6-17-3/h4,7,16H,5-6,11H2,1-3H3,(H,12,13,14). The summed E-state index contributed by atoms with van der Waals surface area (Å²) in [4.78, 5) is 10.3. The molecule has 0 amide bonds. The van der Waals surface area contributed by atoms with Crippen molar-refractivity contribution in [2.45, 2.75) is 19.6 Å². The molecule has 0 aliphatic heterocycles. The first kappa shape index (κ1) is 13.6. The van der Waals surface area contributed by atoms with Crippen molar-refractivity contribution in [3.8, 4) is 0 Å². The van der Waals surface area contributed by atoms with Crippen molar-refractivity contribution in [1.82, 2.24) is 9.97 Å². The fraction of sp³-hybridized carbons (Fsp3) is 0.600. The molecule has 0 fully saturated rings. The molecule has 1 aromatic heterocycles. The molecule has 1 atom stereocenters. The predicted octanol–water partition coefficient (Wildman–Crippen LogP) is -0.274. The number of nitrogen functional groups attached to an aromatic ring is 1. The van der Waals surface area contributed by atoms with Crippen LogP contribution in [0.15, 0.2) is 6.07 Å². The molecule has 1 rings (SSSR count). The average Bonchev–Trinajstić information content (AvgIpc) is 2.28. The second-order valence-corrected chi connectivity index (χ2v) is 3.83. The van der Waals surface area contributed by atoms with Gasteiger partial charge in [0.15, 0.2) is 5.82 Å². The van der Waals surface area contributed by atoms with Crippen LogP contribution in [0.4, 0.5) is 11.6 Å². The zero-order chi connectivity index (χ0) is 12.8. The summed E-state index contributed by atoms with van der Waals surface area (Å²) in [5, 5.41) is 9.33. The first-order valence-electron chi connectivity index (χ1n) is 5.29. The highest BCUT2D eigenvalue weighted by atomic mass is 16.5. The molecular formula is C10H19N5O2. The molecule has 7 heteroatoms. The quantitative estimate of drug-likeness (QED) is 0.466. The van der Waals surface area contributed by atoms with Gasteiger partial charge in [0.1, 0.15) is 18.2 Å². The molecule has 0 aromatic carbocycles. The summed E-state index contributed by atoms with van der Waals surface area (Å²) >= 11 is 0. The van der Waals surface area contributed by atoms with Crippen LogP contribution in [-0.4, -0.2) is 41.9 Å². The number of ether oxygens (including phenoxy) is 1. The third-order valence-corrected chi connectivity index (χ3v) is 2.11. The number of methoxy groups -OCH3 is 1. The first-order chi connectivity index (χ1) is 8.06. The minimum Gasteiger partial charge on any atom is -0.392 e. The largest absolute Gasteiger partial charge is 0.392 e. The highest BCUT2D eigenvalue weighted by molar-refractivity contribution is 5.48. The molecule has 4 N–H and O–H groups in total. The van der Waals surface area contributed by atoms with Crippen molar-refractivity contribution in [3.63, 3.8) is 0 Å². The van der Waals surface area contributed by atoms with E-state index in [2.05, 4.69) is 15.4 Å². The van der Waals surface area contributed by atoms with Gasteiger partial charge in [-0.05, 0) is 6.92 Å². The monoisotopic (exact) mass is 241 g/mol. The summed E-state index contributed by atoms with van der Waals surface area (Å²) in [5.41, 5.74) is 2.48. The number of aliphatic hydroxyl groups is 1. The lowest BCUT2D eigenvalue weighted by atomic mass is 10.3. The van der Waals surface area contributed by atoms with Crippen LogP contribution >= 0.6 is 0 Å². The van der Waals surface area contributed by atoms with Gasteiger partial charge in [0.25, 0.3) is 0 Å². The number of nitrogens with two attached hydrogens (primary N) is 1. The Balaban J connectivity index is 2.93. The minimum absolute atomic E-state index is 0.311. The zero-order valence-electron chi connectivity index (χ0n) is 10.3. The Hall–Kier alpha value is -1.44. The lowest BCUT2D eigenvalue weighted by molar-refractivity contribution is 0.178. The second kappa shape index (κ2) is 6.33. The molecule has 7 nitrogen and oxygen atoms in total. The molecule has 0 aliphatic carbocycles. The molecule has 96 valence electrons. The van der Waals surface area contributed by atoms with E-state index in [1.165, 1.54) is 0 Å². The van der Waals surface area contributed by atoms with Gasteiger partial charge in [-0.15, -0.1) is 0 Å². The molecule has 1 heterocycles. The lowest BCUT2D eigenvalue weighted by Gasteiger charge is -2.20. The van der Waals surface area contributed by atoms with Crippen LogP contribution in [0, 0.1) is 0 Å². The highest BCUT2D eigenvalue weighted by Gasteiger charge is 2.09. The first-order valence-corrected chi connectivity index (χ1v) is 5.29. The van der Waals surface area contributed by atoms with Crippen LogP contribution < -0.4 is 16.2 Å². The summed E-state index contributed by atoms with van der Waals surface area (Å²) < 4.78 is 4.98. The van der Waals surface area contributed by atoms with Gasteiger partial charge in [0, 0.05) is 26.8 Å². The Morgan fingerprint density at radius 1 is 1.59 bits per heavy atom. The van der Waals surface area contributed by atoms with E-state index >= 15 is 0 Å². The van der Waals surface area contributed by atoms with Crippen LogP contribution in [-0.2, 0) is 11.3 Å². The van der Waals surface area contributed by atoms with Gasteiger partial charge in [-0.1, -0.05) is 0 Å². The Kier molecular flexibility index (Phi) is 5.08. The summed E-state index contributed by atoms with van der Waals surface area (Å²) in [5.74, 6) is 7.07. The van der Waals surface area contributed by atoms with E-state index in [4.69, 9.17) is 10.6 Å². The van der Waals surface area contributed by atoms with Crippen molar-refractivity contribution in [3.05, 3.63) is 11.9 Å². The second-order valence-electron chi connectivity index (χ2n) is 3.83. The Morgan fingerprint density at radius 2 is 2.29 bits per heavy atom. The van der Waals surface area contributed by atoms with Crippen LogP contribution in [0.2, 0.25) is 0 Å². The fourth-order valence-electron chi connectivity index (χ4n) is 1.44. The number of nitrogens with zero attached hydrogens (tertiary/aromatic N) is 3. The summed E-state index contributed by atoms with van der Waals surface area (Å²) in [6.07, 6.45) is -0.435. The van der Waals surface area contributed by atoms with Crippen LogP contribution in [0.3, 0.4) is 0 Å². The molecule has 0 saturated carbocycles. The summed E-state index contributed by atoms with van der Waals surface area (Å²) in [7, 11) is 3.41. The number of nitrogens with one attached hydrogen (secondary N) is 1. The van der Waals surface area contributed by atoms with Gasteiger partial charge in [-0.3, -0.25) is 0 Å². The highest BCUT2D eigenvalue weighted by Crippen LogP contribution is 2.14. The van der Waals surface area contributed by atoms with Gasteiger partial charge in [0.2, 0.25) is 0 Å². The molecule has 1 aromatic rings. The van der Waals surface area contributed by atoms with Crippen molar-refractivity contribution >= 4 is 11.6 Å². The maximum absolute atomic E-state index is 9.33. The van der Waals surface area contributed by atoms with E-state index in [1.807, 2.05) is 11.9 Å². The third-order valence-electron chi connectivity index (χ3n) is 2.11.